The maximum atomic E-state index is 14.2. The number of primary amides is 1. The molecule has 2 atom stereocenters. The number of nitrogens with one attached hydrogen (secondary N) is 2. The number of rotatable bonds is 9. The molecule has 0 aliphatic heterocycles. The van der Waals surface area contributed by atoms with Crippen molar-refractivity contribution in [3.63, 3.8) is 0 Å². The highest BCUT2D eigenvalue weighted by atomic mass is 35.5. The van der Waals surface area contributed by atoms with Crippen LogP contribution in [0.5, 0.6) is 0 Å². The van der Waals surface area contributed by atoms with Crippen LogP contribution in [0.1, 0.15) is 69.2 Å². The number of para-hydroxylation sites is 1. The van der Waals surface area contributed by atoms with Crippen molar-refractivity contribution < 1.29 is 23.9 Å². The summed E-state index contributed by atoms with van der Waals surface area (Å²) in [4.78, 5) is 54.3. The summed E-state index contributed by atoms with van der Waals surface area (Å²) in [5, 5.41) is 5.80. The van der Waals surface area contributed by atoms with Gasteiger partial charge >= 0.3 is 6.09 Å². The molecule has 0 spiro atoms. The van der Waals surface area contributed by atoms with Gasteiger partial charge in [-0.2, -0.15) is 0 Å². The smallest absolute Gasteiger partial charge is 0.408 e. The third-order valence-electron chi connectivity index (χ3n) is 6.60. The van der Waals surface area contributed by atoms with E-state index < -0.39 is 47.9 Å². The summed E-state index contributed by atoms with van der Waals surface area (Å²) in [6.45, 7) is 8.75. The zero-order valence-electron chi connectivity index (χ0n) is 23.0. The van der Waals surface area contributed by atoms with Crippen LogP contribution in [0.3, 0.4) is 0 Å². The highest BCUT2D eigenvalue weighted by Gasteiger charge is 2.43. The molecule has 2 aromatic rings. The second kappa shape index (κ2) is 12.5. The third kappa shape index (κ3) is 7.72. The second-order valence-electron chi connectivity index (χ2n) is 10.9. The van der Waals surface area contributed by atoms with Crippen molar-refractivity contribution in [3.8, 4) is 0 Å². The van der Waals surface area contributed by atoms with Crippen LogP contribution in [0.2, 0.25) is 5.02 Å². The summed E-state index contributed by atoms with van der Waals surface area (Å²) >= 11 is 6.41. The van der Waals surface area contributed by atoms with Crippen molar-refractivity contribution in [2.75, 3.05) is 5.32 Å². The van der Waals surface area contributed by atoms with Crippen LogP contribution in [0.25, 0.3) is 0 Å². The van der Waals surface area contributed by atoms with E-state index in [1.165, 1.54) is 4.90 Å². The van der Waals surface area contributed by atoms with Gasteiger partial charge in [-0.05, 0) is 76.6 Å². The molecule has 3 rings (SSSR count). The van der Waals surface area contributed by atoms with Gasteiger partial charge in [-0.25, -0.2) is 4.79 Å². The van der Waals surface area contributed by atoms with Crippen LogP contribution in [0.4, 0.5) is 10.5 Å². The summed E-state index contributed by atoms with van der Waals surface area (Å²) in [5.74, 6) is -1.83. The van der Waals surface area contributed by atoms with E-state index >= 15 is 0 Å². The van der Waals surface area contributed by atoms with Gasteiger partial charge in [0.15, 0.2) is 0 Å². The van der Waals surface area contributed by atoms with E-state index in [1.54, 1.807) is 45.0 Å². The first kappa shape index (κ1) is 30.0. The number of nitrogens with zero attached hydrogens (tertiary/aromatic N) is 1. The van der Waals surface area contributed by atoms with E-state index in [1.807, 2.05) is 32.0 Å². The zero-order chi connectivity index (χ0) is 28.9. The van der Waals surface area contributed by atoms with Crippen molar-refractivity contribution in [1.29, 1.82) is 0 Å². The highest BCUT2D eigenvalue weighted by Crippen LogP contribution is 2.36. The average Bonchev–Trinajstić information content (AvgIpc) is 2.78. The van der Waals surface area contributed by atoms with Crippen molar-refractivity contribution in [2.24, 2.45) is 5.73 Å². The number of carbonyl (C=O) groups excluding carboxylic acids is 4. The molecule has 1 fully saturated rings. The van der Waals surface area contributed by atoms with Gasteiger partial charge in [0.1, 0.15) is 17.7 Å². The number of hydrogen-bond donors (Lipinski definition) is 3. The first-order valence-electron chi connectivity index (χ1n) is 13.0. The predicted molar refractivity (Wildman–Crippen MR) is 150 cm³/mol. The lowest BCUT2D eigenvalue weighted by Crippen LogP contribution is -2.57. The van der Waals surface area contributed by atoms with Gasteiger partial charge < -0.3 is 26.0 Å². The highest BCUT2D eigenvalue weighted by molar-refractivity contribution is 6.34. The predicted octanol–water partition coefficient (Wildman–Crippen LogP) is 4.79. The molecule has 2 aromatic carbocycles. The Hall–Kier alpha value is -3.59. The lowest BCUT2D eigenvalue weighted by Gasteiger charge is -2.44. The van der Waals surface area contributed by atoms with E-state index in [4.69, 9.17) is 22.1 Å². The molecule has 39 heavy (non-hydrogen) atoms. The van der Waals surface area contributed by atoms with Gasteiger partial charge in [-0.1, -0.05) is 48.0 Å². The summed E-state index contributed by atoms with van der Waals surface area (Å²) in [6, 6.07) is 9.93. The normalized spacial score (nSPS) is 14.9. The van der Waals surface area contributed by atoms with Gasteiger partial charge in [0.2, 0.25) is 11.8 Å². The maximum absolute atomic E-state index is 14.2. The number of aryl methyl sites for hydroxylation is 2. The molecule has 9 nitrogen and oxygen atoms in total. The SMILES string of the molecule is Cc1ccccc1C(C(=O)Nc1c(C)cccc1Cl)N(C(=O)C(CC(N)=O)NC(=O)OC(C)(C)C)C1CCC1. The maximum Gasteiger partial charge on any atom is 0.408 e. The minimum atomic E-state index is -1.32. The summed E-state index contributed by atoms with van der Waals surface area (Å²) in [7, 11) is 0. The Morgan fingerprint density at radius 3 is 2.23 bits per heavy atom. The summed E-state index contributed by atoms with van der Waals surface area (Å²) < 4.78 is 5.33. The molecule has 4 N–H and O–H groups in total. The Morgan fingerprint density at radius 1 is 1.05 bits per heavy atom. The Bertz CT molecular complexity index is 1220. The van der Waals surface area contributed by atoms with Crippen LogP contribution in [-0.4, -0.2) is 46.4 Å². The molecule has 0 saturated heterocycles. The van der Waals surface area contributed by atoms with Crippen molar-refractivity contribution in [1.82, 2.24) is 10.2 Å². The molecule has 0 aromatic heterocycles. The molecule has 1 saturated carbocycles. The second-order valence-corrected chi connectivity index (χ2v) is 11.3. The van der Waals surface area contributed by atoms with Crippen LogP contribution in [0.15, 0.2) is 42.5 Å². The third-order valence-corrected chi connectivity index (χ3v) is 6.91. The Morgan fingerprint density at radius 2 is 1.69 bits per heavy atom. The Labute approximate surface area is 234 Å². The van der Waals surface area contributed by atoms with Gasteiger partial charge in [0.05, 0.1) is 17.1 Å². The van der Waals surface area contributed by atoms with Gasteiger partial charge in [-0.3, -0.25) is 14.4 Å². The number of benzene rings is 2. The van der Waals surface area contributed by atoms with Gasteiger partial charge in [-0.15, -0.1) is 0 Å². The van der Waals surface area contributed by atoms with Crippen molar-refractivity contribution >= 4 is 41.1 Å². The number of alkyl carbamates (subject to hydrolysis) is 1. The first-order chi connectivity index (χ1) is 18.3. The van der Waals surface area contributed by atoms with E-state index in [-0.39, 0.29) is 6.04 Å². The molecule has 1 aliphatic carbocycles. The molecule has 210 valence electrons. The number of ether oxygens (including phenoxy) is 1. The molecule has 0 bridgehead atoms. The lowest BCUT2D eigenvalue weighted by molar-refractivity contribution is -0.146. The summed E-state index contributed by atoms with van der Waals surface area (Å²) in [6.07, 6.45) is 0.900. The Kier molecular flexibility index (Phi) is 9.61. The van der Waals surface area contributed by atoms with Crippen LogP contribution >= 0.6 is 11.6 Å². The fraction of sp³-hybridized carbons (Fsp3) is 0.448. The number of amides is 4. The lowest BCUT2D eigenvalue weighted by atomic mass is 9.87. The van der Waals surface area contributed by atoms with E-state index in [0.29, 0.717) is 29.1 Å². The number of halogens is 1. The minimum absolute atomic E-state index is 0.281. The molecular weight excluding hydrogens is 520 g/mol. The largest absolute Gasteiger partial charge is 0.444 e. The molecular formula is C29H37ClN4O5. The van der Waals surface area contributed by atoms with Crippen molar-refractivity contribution in [3.05, 3.63) is 64.2 Å². The fourth-order valence-electron chi connectivity index (χ4n) is 4.51. The van der Waals surface area contributed by atoms with Gasteiger partial charge in [0, 0.05) is 6.04 Å². The number of nitrogens with two attached hydrogens (primary N) is 1. The number of hydrogen-bond acceptors (Lipinski definition) is 5. The topological polar surface area (TPSA) is 131 Å². The van der Waals surface area contributed by atoms with Crippen LogP contribution < -0.4 is 16.4 Å². The molecule has 0 radical (unpaired) electrons. The Balaban J connectivity index is 2.07. The molecule has 4 amide bonds. The minimum Gasteiger partial charge on any atom is -0.444 e. The van der Waals surface area contributed by atoms with Crippen molar-refractivity contribution in [2.45, 2.75) is 84.0 Å². The standard InChI is InChI=1S/C29H37ClN4O5/c1-17-10-6-7-14-20(17)25(26(36)33-24-18(2)11-8-15-21(24)30)34(19-12-9-13-19)27(37)22(16-23(31)35)32-28(38)39-29(3,4)5/h6-8,10-11,14-15,19,22,25H,9,12-13,16H2,1-5H3,(H2,31,35)(H,32,38)(H,33,36). The molecule has 1 aliphatic rings. The van der Waals surface area contributed by atoms with E-state index in [0.717, 1.165) is 17.5 Å². The van der Waals surface area contributed by atoms with Crippen LogP contribution in [-0.2, 0) is 19.1 Å². The molecule has 10 heteroatoms. The number of carbonyl (C=O) groups is 4. The fourth-order valence-corrected chi connectivity index (χ4v) is 4.78. The average molecular weight is 557 g/mol. The first-order valence-corrected chi connectivity index (χ1v) is 13.4. The monoisotopic (exact) mass is 556 g/mol. The summed E-state index contributed by atoms with van der Waals surface area (Å²) in [5.41, 5.74) is 7.28. The zero-order valence-corrected chi connectivity index (χ0v) is 23.8. The van der Waals surface area contributed by atoms with Crippen LogP contribution in [0, 0.1) is 13.8 Å². The van der Waals surface area contributed by atoms with Gasteiger partial charge in [0.25, 0.3) is 5.91 Å². The van der Waals surface area contributed by atoms with E-state index in [9.17, 15) is 19.2 Å². The molecule has 2 unspecified atom stereocenters. The van der Waals surface area contributed by atoms with E-state index in [2.05, 4.69) is 10.6 Å². The molecule has 0 heterocycles. The number of anilines is 1. The quantitative estimate of drug-likeness (QED) is 0.409.